The maximum absolute atomic E-state index is 12.8. The van der Waals surface area contributed by atoms with Gasteiger partial charge in [0.1, 0.15) is 5.75 Å². The van der Waals surface area contributed by atoms with Crippen molar-refractivity contribution in [2.45, 2.75) is 36.3 Å². The van der Waals surface area contributed by atoms with Crippen LogP contribution in [0.5, 0.6) is 0 Å². The molecule has 0 spiro atoms. The predicted molar refractivity (Wildman–Crippen MR) is 99.7 cm³/mol. The third kappa shape index (κ3) is 4.88. The number of esters is 1. The number of rotatable bonds is 7. The summed E-state index contributed by atoms with van der Waals surface area (Å²) >= 11 is 1.08. The Morgan fingerprint density at radius 1 is 1.26 bits per heavy atom. The Kier molecular flexibility index (Phi) is 6.51. The third-order valence-corrected chi connectivity index (χ3v) is 6.75. The molecule has 146 valence electrons. The van der Waals surface area contributed by atoms with Gasteiger partial charge >= 0.3 is 5.97 Å². The summed E-state index contributed by atoms with van der Waals surface area (Å²) < 4.78 is 37.5. The van der Waals surface area contributed by atoms with Gasteiger partial charge < -0.3 is 9.15 Å². The molecule has 0 aliphatic carbocycles. The summed E-state index contributed by atoms with van der Waals surface area (Å²) in [6.07, 6.45) is 2.81. The second-order valence-corrected chi connectivity index (χ2v) is 8.82. The van der Waals surface area contributed by atoms with E-state index in [4.69, 9.17) is 9.15 Å². The fraction of sp³-hybridized carbons (Fsp3) is 0.471. The highest BCUT2D eigenvalue weighted by molar-refractivity contribution is 7.99. The van der Waals surface area contributed by atoms with Gasteiger partial charge in [-0.05, 0) is 38.0 Å². The molecule has 0 amide bonds. The predicted octanol–water partition coefficient (Wildman–Crippen LogP) is 2.57. The largest absolute Gasteiger partial charge is 0.465 e. The maximum Gasteiger partial charge on any atom is 0.316 e. The van der Waals surface area contributed by atoms with Crippen molar-refractivity contribution in [3.63, 3.8) is 0 Å². The number of piperidine rings is 1. The van der Waals surface area contributed by atoms with Gasteiger partial charge in [0.25, 0.3) is 5.22 Å². The Bertz CT molecular complexity index is 891. The first-order valence-corrected chi connectivity index (χ1v) is 11.2. The lowest BCUT2D eigenvalue weighted by Gasteiger charge is -2.25. The van der Waals surface area contributed by atoms with Gasteiger partial charge in [0.15, 0.2) is 0 Å². The topological polar surface area (TPSA) is 103 Å². The summed E-state index contributed by atoms with van der Waals surface area (Å²) in [4.78, 5) is 11.6. The summed E-state index contributed by atoms with van der Waals surface area (Å²) in [6, 6.07) is 6.47. The first kappa shape index (κ1) is 19.8. The van der Waals surface area contributed by atoms with Crippen molar-refractivity contribution < 1.29 is 22.4 Å². The number of sulfonamides is 1. The van der Waals surface area contributed by atoms with Crippen molar-refractivity contribution in [1.82, 2.24) is 14.5 Å². The molecular formula is C17H21N3O5S2. The number of carbonyl (C=O) groups excluding carboxylic acids is 1. The van der Waals surface area contributed by atoms with Crippen molar-refractivity contribution in [2.75, 3.05) is 25.4 Å². The van der Waals surface area contributed by atoms with Gasteiger partial charge in [-0.15, -0.1) is 10.2 Å². The standard InChI is InChI=1S/C17H21N3O5S2/c1-2-24-15(21)12-26-17-19-18-16(25-17)13-7-6-8-14(11-13)27(22,23)20-9-4-3-5-10-20/h6-8,11H,2-5,9-10,12H2,1H3. The van der Waals surface area contributed by atoms with Gasteiger partial charge in [0, 0.05) is 18.7 Å². The first-order valence-electron chi connectivity index (χ1n) is 8.73. The second-order valence-electron chi connectivity index (χ2n) is 5.96. The van der Waals surface area contributed by atoms with Crippen LogP contribution in [-0.4, -0.2) is 54.3 Å². The van der Waals surface area contributed by atoms with Gasteiger partial charge in [0.2, 0.25) is 15.9 Å². The van der Waals surface area contributed by atoms with Crippen molar-refractivity contribution in [3.05, 3.63) is 24.3 Å². The van der Waals surface area contributed by atoms with Gasteiger partial charge in [-0.25, -0.2) is 8.42 Å². The molecule has 27 heavy (non-hydrogen) atoms. The second kappa shape index (κ2) is 8.85. The quantitative estimate of drug-likeness (QED) is 0.506. The van der Waals surface area contributed by atoms with Gasteiger partial charge in [-0.3, -0.25) is 4.79 Å². The molecule has 1 fully saturated rings. The van der Waals surface area contributed by atoms with Crippen molar-refractivity contribution in [3.8, 4) is 11.5 Å². The van der Waals surface area contributed by atoms with E-state index in [9.17, 15) is 13.2 Å². The molecule has 0 N–H and O–H groups in total. The molecule has 0 atom stereocenters. The SMILES string of the molecule is CCOC(=O)CSc1nnc(-c2cccc(S(=O)(=O)N3CCCCC3)c2)o1. The number of nitrogens with zero attached hydrogens (tertiary/aromatic N) is 3. The summed E-state index contributed by atoms with van der Waals surface area (Å²) in [5.41, 5.74) is 0.517. The highest BCUT2D eigenvalue weighted by Crippen LogP contribution is 2.27. The molecule has 0 bridgehead atoms. The molecule has 2 heterocycles. The van der Waals surface area contributed by atoms with E-state index < -0.39 is 10.0 Å². The van der Waals surface area contributed by atoms with Crippen molar-refractivity contribution in [1.29, 1.82) is 0 Å². The monoisotopic (exact) mass is 411 g/mol. The van der Waals surface area contributed by atoms with Crippen LogP contribution in [0.1, 0.15) is 26.2 Å². The first-order chi connectivity index (χ1) is 13.0. The third-order valence-electron chi connectivity index (χ3n) is 4.06. The number of carbonyl (C=O) groups is 1. The summed E-state index contributed by atoms with van der Waals surface area (Å²) in [5.74, 6) is -0.0901. The zero-order chi connectivity index (χ0) is 19.3. The van der Waals surface area contributed by atoms with E-state index in [1.54, 1.807) is 25.1 Å². The Morgan fingerprint density at radius 3 is 2.78 bits per heavy atom. The average Bonchev–Trinajstić information content (AvgIpc) is 3.17. The van der Waals surface area contributed by atoms with Crippen molar-refractivity contribution in [2.24, 2.45) is 0 Å². The van der Waals surface area contributed by atoms with E-state index in [2.05, 4.69) is 10.2 Å². The molecule has 1 aliphatic heterocycles. The number of aromatic nitrogens is 2. The molecule has 1 saturated heterocycles. The normalized spacial score (nSPS) is 15.6. The zero-order valence-electron chi connectivity index (χ0n) is 15.0. The van der Waals surface area contributed by atoms with Crippen LogP contribution in [0.3, 0.4) is 0 Å². The molecular weight excluding hydrogens is 390 g/mol. The van der Waals surface area contributed by atoms with Gasteiger partial charge in [-0.1, -0.05) is 24.2 Å². The van der Waals surface area contributed by atoms with Crippen LogP contribution < -0.4 is 0 Å². The minimum absolute atomic E-state index is 0.0683. The molecule has 0 radical (unpaired) electrons. The molecule has 1 aromatic heterocycles. The average molecular weight is 412 g/mol. The molecule has 10 heteroatoms. The molecule has 3 rings (SSSR count). The Labute approximate surface area is 162 Å². The highest BCUT2D eigenvalue weighted by Gasteiger charge is 2.26. The maximum atomic E-state index is 12.8. The van der Waals surface area contributed by atoms with Gasteiger partial charge in [-0.2, -0.15) is 4.31 Å². The van der Waals surface area contributed by atoms with Crippen LogP contribution in [-0.2, 0) is 19.6 Å². The van der Waals surface area contributed by atoms with Crippen LogP contribution in [0.4, 0.5) is 0 Å². The number of hydrogen-bond acceptors (Lipinski definition) is 8. The summed E-state index contributed by atoms with van der Waals surface area (Å²) in [7, 11) is -3.54. The smallest absolute Gasteiger partial charge is 0.316 e. The zero-order valence-corrected chi connectivity index (χ0v) is 16.6. The van der Waals surface area contributed by atoms with Crippen molar-refractivity contribution >= 4 is 27.8 Å². The molecule has 1 aliphatic rings. The van der Waals surface area contributed by atoms with E-state index in [-0.39, 0.29) is 27.7 Å². The molecule has 0 saturated carbocycles. The lowest BCUT2D eigenvalue weighted by molar-refractivity contribution is -0.139. The minimum Gasteiger partial charge on any atom is -0.465 e. The van der Waals surface area contributed by atoms with Crippen LogP contribution in [0.15, 0.2) is 38.8 Å². The van der Waals surface area contributed by atoms with Crippen LogP contribution in [0, 0.1) is 0 Å². The van der Waals surface area contributed by atoms with E-state index in [0.29, 0.717) is 25.3 Å². The molecule has 1 aromatic carbocycles. The Hall–Kier alpha value is -1.91. The van der Waals surface area contributed by atoms with Crippen LogP contribution in [0.25, 0.3) is 11.5 Å². The highest BCUT2D eigenvalue weighted by atomic mass is 32.2. The van der Waals surface area contributed by atoms with Crippen LogP contribution in [0.2, 0.25) is 0 Å². The van der Waals surface area contributed by atoms with E-state index in [1.807, 2.05) is 0 Å². The van der Waals surface area contributed by atoms with Gasteiger partial charge in [0.05, 0.1) is 11.5 Å². The van der Waals surface area contributed by atoms with Crippen LogP contribution >= 0.6 is 11.8 Å². The number of hydrogen-bond donors (Lipinski definition) is 0. The fourth-order valence-corrected chi connectivity index (χ4v) is 4.88. The van der Waals surface area contributed by atoms with E-state index in [0.717, 1.165) is 31.0 Å². The lowest BCUT2D eigenvalue weighted by atomic mass is 10.2. The van der Waals surface area contributed by atoms with E-state index >= 15 is 0 Å². The van der Waals surface area contributed by atoms with E-state index in [1.165, 1.54) is 10.4 Å². The Morgan fingerprint density at radius 2 is 2.04 bits per heavy atom. The summed E-state index contributed by atoms with van der Waals surface area (Å²) in [6.45, 7) is 3.13. The number of ether oxygens (including phenoxy) is 1. The fourth-order valence-electron chi connectivity index (χ4n) is 2.75. The minimum atomic E-state index is -3.54. The summed E-state index contributed by atoms with van der Waals surface area (Å²) in [5, 5.41) is 8.06. The number of benzene rings is 1. The molecule has 8 nitrogen and oxygen atoms in total. The molecule has 2 aromatic rings. The lowest BCUT2D eigenvalue weighted by Crippen LogP contribution is -2.35. The Balaban J connectivity index is 1.75. The molecule has 0 unspecified atom stereocenters. The number of thioether (sulfide) groups is 1.